The van der Waals surface area contributed by atoms with E-state index in [0.717, 1.165) is 53.3 Å². The smallest absolute Gasteiger partial charge is 0.305 e. The summed E-state index contributed by atoms with van der Waals surface area (Å²) < 4.78 is 27.5. The van der Waals surface area contributed by atoms with Gasteiger partial charge in [0.25, 0.3) is 0 Å². The van der Waals surface area contributed by atoms with Crippen molar-refractivity contribution in [2.75, 3.05) is 32.7 Å². The number of phenolic OH excluding ortho intramolecular Hbond substituents is 1. The van der Waals surface area contributed by atoms with Crippen LogP contribution in [-0.2, 0) is 17.6 Å². The number of H-pyrrole nitrogens is 1. The fraction of sp³-hybridized carbons (Fsp3) is 0.500. The lowest BCUT2D eigenvalue weighted by atomic mass is 9.94. The Hall–Kier alpha value is -1.86. The van der Waals surface area contributed by atoms with Crippen molar-refractivity contribution in [3.8, 4) is 5.75 Å². The molecule has 1 aliphatic carbocycles. The number of fused-ring (bicyclic) bond motifs is 1. The molecule has 0 saturated heterocycles. The van der Waals surface area contributed by atoms with Crippen LogP contribution in [0.2, 0.25) is 0 Å². The van der Waals surface area contributed by atoms with Gasteiger partial charge >= 0.3 is 4.87 Å². The number of nitrogens with zero attached hydrogens (tertiary/aromatic N) is 1. The van der Waals surface area contributed by atoms with E-state index in [0.29, 0.717) is 63.1 Å². The molecule has 222 valence electrons. The molecule has 0 spiro atoms. The molecule has 4 rings (SSSR count). The second-order valence-corrected chi connectivity index (χ2v) is 10.9. The Bertz CT molecular complexity index is 1260. The lowest BCUT2D eigenvalue weighted by molar-refractivity contribution is -0.134. The maximum atomic E-state index is 13.4. The molecule has 12 heteroatoms. The number of aromatic hydroxyl groups is 1. The van der Waals surface area contributed by atoms with Crippen LogP contribution in [0, 0.1) is 11.6 Å². The third-order valence-electron chi connectivity index (χ3n) is 7.10. The number of benzene rings is 2. The lowest BCUT2D eigenvalue weighted by Gasteiger charge is -2.34. The van der Waals surface area contributed by atoms with Gasteiger partial charge in [-0.3, -0.25) is 9.59 Å². The first kappa shape index (κ1) is 34.3. The van der Waals surface area contributed by atoms with E-state index < -0.39 is 11.6 Å². The van der Waals surface area contributed by atoms with E-state index >= 15 is 0 Å². The summed E-state index contributed by atoms with van der Waals surface area (Å²) in [6.45, 7) is 3.06. The molecule has 0 aliphatic heterocycles. The summed E-state index contributed by atoms with van der Waals surface area (Å²) in [5, 5.41) is 16.6. The zero-order valence-corrected chi connectivity index (χ0v) is 26.6. The van der Waals surface area contributed by atoms with Crippen LogP contribution in [0.1, 0.15) is 49.7 Å². The number of hydrogen-bond donors (Lipinski definition) is 4. The van der Waals surface area contributed by atoms with Gasteiger partial charge in [-0.05, 0) is 68.1 Å². The second kappa shape index (κ2) is 17.2. The van der Waals surface area contributed by atoms with Gasteiger partial charge in [0.05, 0.1) is 4.70 Å². The molecule has 1 amide bonds. The molecule has 0 radical (unpaired) electrons. The maximum Gasteiger partial charge on any atom is 0.305 e. The number of aromatic nitrogens is 1. The average molecular weight is 709 g/mol. The Labute approximate surface area is 258 Å². The zero-order chi connectivity index (χ0) is 26.9. The van der Waals surface area contributed by atoms with Crippen LogP contribution in [0.4, 0.5) is 8.78 Å². The van der Waals surface area contributed by atoms with Gasteiger partial charge in [0.2, 0.25) is 5.91 Å². The van der Waals surface area contributed by atoms with Gasteiger partial charge < -0.3 is 25.6 Å². The molecule has 1 aliphatic rings. The van der Waals surface area contributed by atoms with E-state index in [1.165, 1.54) is 18.6 Å². The summed E-state index contributed by atoms with van der Waals surface area (Å²) in [6.07, 6.45) is 7.14. The highest BCUT2D eigenvalue weighted by Crippen LogP contribution is 2.28. The fourth-order valence-corrected chi connectivity index (χ4v) is 6.07. The number of hydrogen-bond acceptors (Lipinski definition) is 6. The van der Waals surface area contributed by atoms with Crippen LogP contribution >= 0.6 is 45.3 Å². The number of amides is 1. The summed E-state index contributed by atoms with van der Waals surface area (Å²) in [4.78, 5) is 29.4. The molecule has 4 N–H and O–H groups in total. The summed E-state index contributed by atoms with van der Waals surface area (Å²) in [5.74, 6) is -0.954. The van der Waals surface area contributed by atoms with Gasteiger partial charge in [-0.15, -0.1) is 34.0 Å². The van der Waals surface area contributed by atoms with Crippen molar-refractivity contribution in [1.29, 1.82) is 0 Å². The molecule has 0 bridgehead atoms. The highest BCUT2D eigenvalue weighted by Gasteiger charge is 2.24. The number of thiazole rings is 1. The van der Waals surface area contributed by atoms with E-state index in [-0.39, 0.29) is 56.5 Å². The Morgan fingerprint density at radius 3 is 2.38 bits per heavy atom. The summed E-state index contributed by atoms with van der Waals surface area (Å²) in [7, 11) is 0. The minimum atomic E-state index is -0.579. The van der Waals surface area contributed by atoms with Crippen molar-refractivity contribution >= 4 is 61.4 Å². The largest absolute Gasteiger partial charge is 0.506 e. The molecule has 7 nitrogen and oxygen atoms in total. The summed E-state index contributed by atoms with van der Waals surface area (Å²) in [5.41, 5.74) is 2.08. The monoisotopic (exact) mass is 706 g/mol. The third-order valence-corrected chi connectivity index (χ3v) is 8.06. The van der Waals surface area contributed by atoms with Crippen molar-refractivity contribution in [3.63, 3.8) is 0 Å². The van der Waals surface area contributed by atoms with Gasteiger partial charge in [-0.25, -0.2) is 8.78 Å². The van der Waals surface area contributed by atoms with Crippen LogP contribution in [0.5, 0.6) is 5.75 Å². The molecule has 1 aromatic heterocycles. The quantitative estimate of drug-likeness (QED) is 0.182. The average Bonchev–Trinajstić information content (AvgIpc) is 3.29. The van der Waals surface area contributed by atoms with E-state index in [1.807, 2.05) is 11.0 Å². The van der Waals surface area contributed by atoms with Crippen LogP contribution in [0.15, 0.2) is 35.1 Å². The predicted molar refractivity (Wildman–Crippen MR) is 167 cm³/mol. The van der Waals surface area contributed by atoms with Crippen molar-refractivity contribution in [1.82, 2.24) is 20.5 Å². The fourth-order valence-electron chi connectivity index (χ4n) is 5.17. The van der Waals surface area contributed by atoms with Gasteiger partial charge in [-0.2, -0.15) is 0 Å². The van der Waals surface area contributed by atoms with Crippen LogP contribution in [0.3, 0.4) is 0 Å². The lowest BCUT2D eigenvalue weighted by Crippen LogP contribution is -2.45. The summed E-state index contributed by atoms with van der Waals surface area (Å²) in [6, 6.07) is 7.24. The van der Waals surface area contributed by atoms with E-state index in [9.17, 15) is 23.5 Å². The second-order valence-electron chi connectivity index (χ2n) is 9.87. The minimum absolute atomic E-state index is 0. The van der Waals surface area contributed by atoms with E-state index in [1.54, 1.807) is 6.07 Å². The maximum absolute atomic E-state index is 13.4. The number of carbonyl (C=O) groups is 1. The molecular formula is C28H38Br2F2N4O3S. The van der Waals surface area contributed by atoms with E-state index in [4.69, 9.17) is 0 Å². The Kier molecular flexibility index (Phi) is 14.7. The predicted octanol–water partition coefficient (Wildman–Crippen LogP) is 5.25. The van der Waals surface area contributed by atoms with Crippen molar-refractivity contribution in [2.24, 2.45) is 0 Å². The standard InChI is InChI=1S/C28H36F2N4O3S.2BrH/c29-21-16-19(17-22(30)18-21)8-11-31-13-10-25(36)34(23-4-2-1-3-5-23)15-14-32-12-9-20-6-7-24(35)26-27(20)38-28(37)33-26;;/h6-7,16-18,23,31-32,35H,1-5,8-15H2,(H,33,37);2*1H. The first-order valence-corrected chi connectivity index (χ1v) is 14.2. The Morgan fingerprint density at radius 1 is 0.975 bits per heavy atom. The Balaban J connectivity index is 0.00000280. The minimum Gasteiger partial charge on any atom is -0.506 e. The van der Waals surface area contributed by atoms with Crippen molar-refractivity contribution < 1.29 is 18.7 Å². The number of carbonyl (C=O) groups excluding carboxylic acids is 1. The van der Waals surface area contributed by atoms with Crippen molar-refractivity contribution in [3.05, 3.63) is 62.8 Å². The van der Waals surface area contributed by atoms with Crippen LogP contribution < -0.4 is 15.5 Å². The molecule has 2 aromatic carbocycles. The van der Waals surface area contributed by atoms with Gasteiger partial charge in [-0.1, -0.05) is 36.7 Å². The molecule has 3 aromatic rings. The van der Waals surface area contributed by atoms with Crippen molar-refractivity contribution in [2.45, 2.75) is 57.4 Å². The highest BCUT2D eigenvalue weighted by molar-refractivity contribution is 8.93. The molecule has 1 saturated carbocycles. The molecule has 1 fully saturated rings. The van der Waals surface area contributed by atoms with E-state index in [2.05, 4.69) is 15.6 Å². The molecule has 40 heavy (non-hydrogen) atoms. The summed E-state index contributed by atoms with van der Waals surface area (Å²) >= 11 is 1.10. The number of aromatic amines is 1. The first-order valence-electron chi connectivity index (χ1n) is 13.4. The molecule has 0 unspecified atom stereocenters. The van der Waals surface area contributed by atoms with Crippen LogP contribution in [0.25, 0.3) is 10.2 Å². The van der Waals surface area contributed by atoms with Gasteiger partial charge in [0, 0.05) is 38.2 Å². The number of halogens is 4. The van der Waals surface area contributed by atoms with Crippen LogP contribution in [-0.4, -0.2) is 59.7 Å². The molecule has 1 heterocycles. The topological polar surface area (TPSA) is 97.5 Å². The van der Waals surface area contributed by atoms with Gasteiger partial charge in [0.1, 0.15) is 22.9 Å². The number of phenols is 1. The molecular weight excluding hydrogens is 670 g/mol. The first-order chi connectivity index (χ1) is 18.4. The molecule has 0 atom stereocenters. The number of rotatable bonds is 13. The Morgan fingerprint density at radius 2 is 1.65 bits per heavy atom. The SMILES string of the molecule is Br.Br.O=C(CCNCCc1cc(F)cc(F)c1)N(CCNCCc1ccc(O)c2[nH]c(=O)sc12)C1CCCCC1. The highest BCUT2D eigenvalue weighted by atomic mass is 79.9. The zero-order valence-electron chi connectivity index (χ0n) is 22.3. The third kappa shape index (κ3) is 9.90. The number of nitrogens with one attached hydrogen (secondary N) is 3. The van der Waals surface area contributed by atoms with Gasteiger partial charge in [0.15, 0.2) is 0 Å². The normalized spacial score (nSPS) is 13.6.